The molecule has 3 N–H and O–H groups in total. The van der Waals surface area contributed by atoms with E-state index < -0.39 is 29.5 Å². The summed E-state index contributed by atoms with van der Waals surface area (Å²) in [7, 11) is 0. The van der Waals surface area contributed by atoms with Gasteiger partial charge in [-0.25, -0.2) is 18.0 Å². The van der Waals surface area contributed by atoms with Crippen molar-refractivity contribution < 1.29 is 22.8 Å². The van der Waals surface area contributed by atoms with Gasteiger partial charge in [0.15, 0.2) is 11.6 Å². The first-order chi connectivity index (χ1) is 12.3. The highest BCUT2D eigenvalue weighted by Gasteiger charge is 2.44. The molecule has 0 unspecified atom stereocenters. The van der Waals surface area contributed by atoms with Crippen LogP contribution < -0.4 is 11.5 Å². The van der Waals surface area contributed by atoms with E-state index in [4.69, 9.17) is 11.5 Å². The topological polar surface area (TPSA) is 90.4 Å². The van der Waals surface area contributed by atoms with Crippen LogP contribution in [0.2, 0.25) is 0 Å². The number of hydrogen-bond donors (Lipinski definition) is 1. The Labute approximate surface area is 148 Å². The summed E-state index contributed by atoms with van der Waals surface area (Å²) in [6, 6.07) is -0.429. The molecule has 0 spiro atoms. The van der Waals surface area contributed by atoms with Crippen molar-refractivity contribution in [2.45, 2.75) is 31.3 Å². The van der Waals surface area contributed by atoms with E-state index >= 15 is 0 Å². The van der Waals surface area contributed by atoms with Crippen molar-refractivity contribution >= 4 is 11.9 Å². The Morgan fingerprint density at radius 3 is 2.58 bits per heavy atom. The largest absolute Gasteiger partial charge is 0.351 e. The van der Waals surface area contributed by atoms with E-state index in [0.29, 0.717) is 25.7 Å². The molecule has 3 atom stereocenters. The second-order valence-electron chi connectivity index (χ2n) is 6.91. The van der Waals surface area contributed by atoms with Crippen LogP contribution in [0.1, 0.15) is 18.4 Å². The molecule has 0 aliphatic carbocycles. The predicted octanol–water partition coefficient (Wildman–Crippen LogP) is 1.30. The number of likely N-dealkylation sites (tertiary alicyclic amines) is 2. The summed E-state index contributed by atoms with van der Waals surface area (Å²) in [5.41, 5.74) is 13.2. The Hall–Kier alpha value is -2.29. The van der Waals surface area contributed by atoms with E-state index in [1.165, 1.54) is 4.90 Å². The van der Waals surface area contributed by atoms with Crippen LogP contribution in [0.25, 0.3) is 0 Å². The van der Waals surface area contributed by atoms with E-state index in [1.54, 1.807) is 4.90 Å². The van der Waals surface area contributed by atoms with E-state index in [2.05, 4.69) is 0 Å². The van der Waals surface area contributed by atoms with Crippen molar-refractivity contribution in [3.05, 3.63) is 35.1 Å². The van der Waals surface area contributed by atoms with Crippen LogP contribution in [0.4, 0.5) is 18.0 Å². The third-order valence-corrected chi connectivity index (χ3v) is 5.16. The Morgan fingerprint density at radius 2 is 1.88 bits per heavy atom. The average Bonchev–Trinajstić information content (AvgIpc) is 3.12. The van der Waals surface area contributed by atoms with Gasteiger partial charge < -0.3 is 15.5 Å². The molecular formula is C17H20F3N4O2. The molecule has 26 heavy (non-hydrogen) atoms. The SMILES string of the molecule is [NH][C@@H](CC(=O)N1CC[C@H]2CN(C(N)=O)C[C@H]21)Cc1cc(F)c(F)cc1F. The smallest absolute Gasteiger partial charge is 0.314 e. The van der Waals surface area contributed by atoms with Crippen LogP contribution in [-0.4, -0.2) is 53.5 Å². The molecule has 3 amide bonds. The van der Waals surface area contributed by atoms with Crippen LogP contribution in [0.5, 0.6) is 0 Å². The highest BCUT2D eigenvalue weighted by molar-refractivity contribution is 5.78. The minimum Gasteiger partial charge on any atom is -0.351 e. The molecule has 2 fully saturated rings. The lowest BCUT2D eigenvalue weighted by atomic mass is 10.0. The van der Waals surface area contributed by atoms with Crippen molar-refractivity contribution in [3.8, 4) is 0 Å². The normalized spacial score (nSPS) is 23.2. The summed E-state index contributed by atoms with van der Waals surface area (Å²) in [6.45, 7) is 1.45. The number of benzene rings is 1. The molecule has 0 aromatic heterocycles. The Kier molecular flexibility index (Phi) is 5.08. The van der Waals surface area contributed by atoms with Gasteiger partial charge in [0.1, 0.15) is 5.82 Å². The summed E-state index contributed by atoms with van der Waals surface area (Å²) in [5.74, 6) is -3.47. The van der Waals surface area contributed by atoms with E-state index in [0.717, 1.165) is 12.5 Å². The fourth-order valence-electron chi connectivity index (χ4n) is 3.84. The summed E-state index contributed by atoms with van der Waals surface area (Å²) in [6.07, 6.45) is 0.420. The minimum absolute atomic E-state index is 0.109. The first-order valence-electron chi connectivity index (χ1n) is 8.44. The number of primary amides is 1. The molecule has 141 valence electrons. The number of nitrogens with one attached hydrogen (secondary N) is 1. The second-order valence-corrected chi connectivity index (χ2v) is 6.91. The summed E-state index contributed by atoms with van der Waals surface area (Å²) in [5, 5.41) is 0. The molecular weight excluding hydrogens is 349 g/mol. The van der Waals surface area contributed by atoms with E-state index in [9.17, 15) is 22.8 Å². The number of hydrogen-bond acceptors (Lipinski definition) is 2. The Bertz CT molecular complexity index is 730. The number of fused-ring (bicyclic) bond motifs is 1. The van der Waals surface area contributed by atoms with Crippen LogP contribution in [-0.2, 0) is 11.2 Å². The van der Waals surface area contributed by atoms with Crippen molar-refractivity contribution in [2.75, 3.05) is 19.6 Å². The molecule has 1 radical (unpaired) electrons. The molecule has 0 saturated carbocycles. The molecule has 2 aliphatic rings. The molecule has 2 saturated heterocycles. The summed E-state index contributed by atoms with van der Waals surface area (Å²) in [4.78, 5) is 27.0. The standard InChI is InChI=1S/C17H20F3N4O2/c18-12-6-14(20)13(19)4-10(12)3-11(21)5-16(25)24-2-1-9-7-23(17(22)26)8-15(9)24/h4,6,9,11,15,21H,1-3,5,7-8H2,(H2,22,26)/t9-,11+,15+/m0/s1. The Morgan fingerprint density at radius 1 is 1.19 bits per heavy atom. The fraction of sp³-hybridized carbons (Fsp3) is 0.529. The van der Waals surface area contributed by atoms with Crippen molar-refractivity contribution in [3.63, 3.8) is 0 Å². The van der Waals surface area contributed by atoms with Crippen LogP contribution in [0.3, 0.4) is 0 Å². The molecule has 9 heteroatoms. The minimum atomic E-state index is -1.28. The quantitative estimate of drug-likeness (QED) is 0.811. The average molecular weight is 369 g/mol. The first kappa shape index (κ1) is 18.5. The van der Waals surface area contributed by atoms with Gasteiger partial charge in [-0.1, -0.05) is 0 Å². The molecule has 1 aromatic rings. The van der Waals surface area contributed by atoms with Gasteiger partial charge >= 0.3 is 6.03 Å². The lowest BCUT2D eigenvalue weighted by Crippen LogP contribution is -2.43. The van der Waals surface area contributed by atoms with Crippen molar-refractivity contribution in [1.82, 2.24) is 15.5 Å². The predicted molar refractivity (Wildman–Crippen MR) is 86.3 cm³/mol. The van der Waals surface area contributed by atoms with Crippen molar-refractivity contribution in [2.24, 2.45) is 11.7 Å². The van der Waals surface area contributed by atoms with E-state index in [1.807, 2.05) is 0 Å². The first-order valence-corrected chi connectivity index (χ1v) is 8.44. The number of nitrogens with zero attached hydrogens (tertiary/aromatic N) is 2. The third-order valence-electron chi connectivity index (χ3n) is 5.16. The zero-order valence-electron chi connectivity index (χ0n) is 14.1. The lowest BCUT2D eigenvalue weighted by molar-refractivity contribution is -0.132. The molecule has 1 aromatic carbocycles. The van der Waals surface area contributed by atoms with Crippen molar-refractivity contribution in [1.29, 1.82) is 0 Å². The second kappa shape index (κ2) is 7.14. The maximum absolute atomic E-state index is 13.7. The summed E-state index contributed by atoms with van der Waals surface area (Å²) < 4.78 is 39.9. The van der Waals surface area contributed by atoms with Crippen LogP contribution >= 0.6 is 0 Å². The molecule has 2 aliphatic heterocycles. The zero-order chi connectivity index (χ0) is 19.0. The van der Waals surface area contributed by atoms with Gasteiger partial charge in [-0.05, 0) is 24.5 Å². The van der Waals surface area contributed by atoms with Gasteiger partial charge in [-0.3, -0.25) is 10.5 Å². The molecule has 6 nitrogen and oxygen atoms in total. The fourth-order valence-corrected chi connectivity index (χ4v) is 3.84. The Balaban J connectivity index is 1.60. The third kappa shape index (κ3) is 3.62. The summed E-state index contributed by atoms with van der Waals surface area (Å²) >= 11 is 0. The number of rotatable bonds is 4. The van der Waals surface area contributed by atoms with E-state index in [-0.39, 0.29) is 36.3 Å². The zero-order valence-corrected chi connectivity index (χ0v) is 14.1. The molecule has 0 bridgehead atoms. The number of nitrogens with two attached hydrogens (primary N) is 1. The monoisotopic (exact) mass is 369 g/mol. The van der Waals surface area contributed by atoms with Crippen LogP contribution in [0.15, 0.2) is 12.1 Å². The number of halogens is 3. The van der Waals surface area contributed by atoms with Gasteiger partial charge in [0.05, 0.1) is 6.04 Å². The molecule has 2 heterocycles. The number of urea groups is 1. The van der Waals surface area contributed by atoms with Gasteiger partial charge in [0.2, 0.25) is 5.91 Å². The van der Waals surface area contributed by atoms with Gasteiger partial charge in [-0.2, -0.15) is 0 Å². The molecule has 3 rings (SSSR count). The number of amides is 3. The highest BCUT2D eigenvalue weighted by atomic mass is 19.2. The number of carbonyl (C=O) groups excluding carboxylic acids is 2. The maximum atomic E-state index is 13.7. The van der Waals surface area contributed by atoms with Gasteiger partial charge in [0, 0.05) is 44.1 Å². The lowest BCUT2D eigenvalue weighted by Gasteiger charge is -2.25. The number of carbonyl (C=O) groups is 2. The van der Waals surface area contributed by atoms with Gasteiger partial charge in [-0.15, -0.1) is 0 Å². The maximum Gasteiger partial charge on any atom is 0.314 e. The van der Waals surface area contributed by atoms with Crippen LogP contribution in [0, 0.1) is 23.4 Å². The highest BCUT2D eigenvalue weighted by Crippen LogP contribution is 2.32. The van der Waals surface area contributed by atoms with Gasteiger partial charge in [0.25, 0.3) is 0 Å².